The molecule has 26 heavy (non-hydrogen) atoms. The first-order valence-corrected chi connectivity index (χ1v) is 8.38. The second-order valence-corrected chi connectivity index (χ2v) is 7.71. The van der Waals surface area contributed by atoms with Crippen molar-refractivity contribution >= 4 is 47.9 Å². The number of rotatable bonds is 2. The fourth-order valence-electron chi connectivity index (χ4n) is 3.10. The SMILES string of the molecule is CC(C)(C)c1ccc2oc(N3C[C@H](N)CC[C@H](C(=O)O)C3)nc2c1.Cl.Cl. The number of benzene rings is 1. The van der Waals surface area contributed by atoms with E-state index in [4.69, 9.17) is 10.2 Å². The summed E-state index contributed by atoms with van der Waals surface area (Å²) in [5.74, 6) is -1.24. The molecule has 0 radical (unpaired) electrons. The van der Waals surface area contributed by atoms with Gasteiger partial charge in [-0.3, -0.25) is 4.79 Å². The van der Waals surface area contributed by atoms with Gasteiger partial charge < -0.3 is 20.2 Å². The zero-order valence-electron chi connectivity index (χ0n) is 15.3. The predicted octanol–water partition coefficient (Wildman–Crippen LogP) is 3.60. The molecule has 3 rings (SSSR count). The van der Waals surface area contributed by atoms with Crippen LogP contribution in [0.4, 0.5) is 6.01 Å². The highest BCUT2D eigenvalue weighted by atomic mass is 35.5. The van der Waals surface area contributed by atoms with E-state index in [9.17, 15) is 9.90 Å². The van der Waals surface area contributed by atoms with Gasteiger partial charge >= 0.3 is 5.97 Å². The molecule has 146 valence electrons. The maximum Gasteiger partial charge on any atom is 0.308 e. The summed E-state index contributed by atoms with van der Waals surface area (Å²) in [6.45, 7) is 7.39. The lowest BCUT2D eigenvalue weighted by Crippen LogP contribution is -2.37. The van der Waals surface area contributed by atoms with Gasteiger partial charge in [0.15, 0.2) is 5.58 Å². The van der Waals surface area contributed by atoms with Gasteiger partial charge in [-0.25, -0.2) is 0 Å². The second-order valence-electron chi connectivity index (χ2n) is 7.71. The van der Waals surface area contributed by atoms with Crippen molar-refractivity contribution in [2.24, 2.45) is 11.7 Å². The van der Waals surface area contributed by atoms with Crippen LogP contribution >= 0.6 is 24.8 Å². The summed E-state index contributed by atoms with van der Waals surface area (Å²) >= 11 is 0. The van der Waals surface area contributed by atoms with Crippen molar-refractivity contribution in [2.75, 3.05) is 18.0 Å². The van der Waals surface area contributed by atoms with E-state index in [0.717, 1.165) is 5.52 Å². The van der Waals surface area contributed by atoms with Crippen molar-refractivity contribution in [3.63, 3.8) is 0 Å². The average Bonchev–Trinajstić information content (AvgIpc) is 2.81. The van der Waals surface area contributed by atoms with Gasteiger partial charge in [0.1, 0.15) is 5.52 Å². The number of oxazole rings is 1. The van der Waals surface area contributed by atoms with Crippen molar-refractivity contribution < 1.29 is 14.3 Å². The highest BCUT2D eigenvalue weighted by Crippen LogP contribution is 2.29. The van der Waals surface area contributed by atoms with Gasteiger partial charge in [-0.15, -0.1) is 24.8 Å². The van der Waals surface area contributed by atoms with E-state index >= 15 is 0 Å². The standard InChI is InChI=1S/C18H25N3O3.2ClH/c1-18(2,3)12-5-7-15-14(8-12)20-17(24-15)21-9-11(16(22)23)4-6-13(19)10-21;;/h5,7-8,11,13H,4,6,9-10,19H2,1-3H3,(H,22,23);2*1H/t11-,13+;;/m0../s1. The van der Waals surface area contributed by atoms with E-state index < -0.39 is 11.9 Å². The molecule has 6 nitrogen and oxygen atoms in total. The molecule has 1 fully saturated rings. The molecule has 1 aliphatic heterocycles. The summed E-state index contributed by atoms with van der Waals surface area (Å²) in [4.78, 5) is 17.9. The highest BCUT2D eigenvalue weighted by Gasteiger charge is 2.29. The smallest absolute Gasteiger partial charge is 0.308 e. The minimum Gasteiger partial charge on any atom is -0.481 e. The number of carboxylic acid groups (broad SMARTS) is 1. The van der Waals surface area contributed by atoms with E-state index in [-0.39, 0.29) is 36.3 Å². The molecule has 1 aromatic heterocycles. The minimum atomic E-state index is -0.791. The molecule has 1 saturated heterocycles. The van der Waals surface area contributed by atoms with Gasteiger partial charge in [0.05, 0.1) is 5.92 Å². The fourth-order valence-corrected chi connectivity index (χ4v) is 3.10. The topological polar surface area (TPSA) is 92.6 Å². The van der Waals surface area contributed by atoms with E-state index in [0.29, 0.717) is 37.5 Å². The van der Waals surface area contributed by atoms with Gasteiger partial charge in [0, 0.05) is 19.1 Å². The molecule has 0 amide bonds. The molecular formula is C18H27Cl2N3O3. The number of nitrogens with zero attached hydrogens (tertiary/aromatic N) is 2. The van der Waals surface area contributed by atoms with Crippen LogP contribution in [-0.2, 0) is 10.2 Å². The fraction of sp³-hybridized carbons (Fsp3) is 0.556. The molecule has 3 N–H and O–H groups in total. The lowest BCUT2D eigenvalue weighted by atomic mass is 9.87. The van der Waals surface area contributed by atoms with E-state index in [1.165, 1.54) is 5.56 Å². The number of halogens is 2. The van der Waals surface area contributed by atoms with Crippen LogP contribution in [0.15, 0.2) is 22.6 Å². The third-order valence-electron chi connectivity index (χ3n) is 4.64. The van der Waals surface area contributed by atoms with Crippen LogP contribution in [0.25, 0.3) is 11.1 Å². The van der Waals surface area contributed by atoms with Crippen LogP contribution < -0.4 is 10.6 Å². The van der Waals surface area contributed by atoms with Gasteiger partial charge in [0.2, 0.25) is 0 Å². The number of fused-ring (bicyclic) bond motifs is 1. The summed E-state index contributed by atoms with van der Waals surface area (Å²) in [5, 5.41) is 9.36. The number of hydrogen-bond acceptors (Lipinski definition) is 5. The van der Waals surface area contributed by atoms with Crippen molar-refractivity contribution in [1.29, 1.82) is 0 Å². The molecule has 0 aliphatic carbocycles. The monoisotopic (exact) mass is 403 g/mol. The van der Waals surface area contributed by atoms with Gasteiger partial charge in [-0.1, -0.05) is 26.8 Å². The van der Waals surface area contributed by atoms with E-state index in [2.05, 4.69) is 25.8 Å². The van der Waals surface area contributed by atoms with Crippen LogP contribution in [0.3, 0.4) is 0 Å². The molecule has 0 saturated carbocycles. The molecule has 0 bridgehead atoms. The Morgan fingerprint density at radius 3 is 2.58 bits per heavy atom. The zero-order valence-corrected chi connectivity index (χ0v) is 16.9. The maximum absolute atomic E-state index is 11.4. The van der Waals surface area contributed by atoms with Crippen LogP contribution in [0.2, 0.25) is 0 Å². The molecule has 2 atom stereocenters. The number of carboxylic acids is 1. The first-order valence-electron chi connectivity index (χ1n) is 8.38. The van der Waals surface area contributed by atoms with Crippen molar-refractivity contribution in [2.45, 2.75) is 45.1 Å². The maximum atomic E-state index is 11.4. The van der Waals surface area contributed by atoms with Gasteiger partial charge in [-0.2, -0.15) is 4.98 Å². The normalized spacial score (nSPS) is 20.8. The first-order chi connectivity index (χ1) is 11.2. The van der Waals surface area contributed by atoms with Crippen LogP contribution in [-0.4, -0.2) is 35.2 Å². The molecule has 1 aromatic carbocycles. The third kappa shape index (κ3) is 4.81. The van der Waals surface area contributed by atoms with E-state index in [1.807, 2.05) is 23.1 Å². The largest absolute Gasteiger partial charge is 0.481 e. The first kappa shape index (κ1) is 22.5. The number of aromatic nitrogens is 1. The molecule has 1 aliphatic rings. The van der Waals surface area contributed by atoms with Crippen molar-refractivity contribution in [3.8, 4) is 0 Å². The highest BCUT2D eigenvalue weighted by molar-refractivity contribution is 5.85. The summed E-state index contributed by atoms with van der Waals surface area (Å²) in [5.41, 5.74) is 8.82. The Kier molecular flexibility index (Phi) is 7.33. The van der Waals surface area contributed by atoms with Gasteiger partial charge in [-0.05, 0) is 36.0 Å². The Morgan fingerprint density at radius 2 is 1.96 bits per heavy atom. The molecule has 2 heterocycles. The van der Waals surface area contributed by atoms with E-state index in [1.54, 1.807) is 0 Å². The summed E-state index contributed by atoms with van der Waals surface area (Å²) < 4.78 is 5.87. The lowest BCUT2D eigenvalue weighted by Gasteiger charge is -2.21. The molecule has 8 heteroatoms. The van der Waals surface area contributed by atoms with Crippen LogP contribution in [0.1, 0.15) is 39.2 Å². The average molecular weight is 404 g/mol. The van der Waals surface area contributed by atoms with Crippen LogP contribution in [0, 0.1) is 5.92 Å². The Labute approximate surface area is 165 Å². The summed E-state index contributed by atoms with van der Waals surface area (Å²) in [7, 11) is 0. The number of carbonyl (C=O) groups is 1. The third-order valence-corrected chi connectivity index (χ3v) is 4.64. The number of anilines is 1. The quantitative estimate of drug-likeness (QED) is 0.795. The van der Waals surface area contributed by atoms with Crippen molar-refractivity contribution in [1.82, 2.24) is 4.98 Å². The molecule has 2 aromatic rings. The van der Waals surface area contributed by atoms with Crippen LogP contribution in [0.5, 0.6) is 0 Å². The summed E-state index contributed by atoms with van der Waals surface area (Å²) in [6.07, 6.45) is 1.28. The Balaban J connectivity index is 0.00000169. The number of hydrogen-bond donors (Lipinski definition) is 2. The minimum absolute atomic E-state index is 0. The molecular weight excluding hydrogens is 377 g/mol. The van der Waals surface area contributed by atoms with Gasteiger partial charge in [0.25, 0.3) is 6.01 Å². The molecule has 0 spiro atoms. The Bertz CT molecular complexity index is 758. The number of nitrogens with two attached hydrogens (primary N) is 1. The Hall–Kier alpha value is -1.50. The number of aliphatic carboxylic acids is 1. The van der Waals surface area contributed by atoms with Crippen molar-refractivity contribution in [3.05, 3.63) is 23.8 Å². The lowest BCUT2D eigenvalue weighted by molar-refractivity contribution is -0.141. The zero-order chi connectivity index (χ0) is 17.5. The Morgan fingerprint density at radius 1 is 1.27 bits per heavy atom. The second kappa shape index (κ2) is 8.46. The summed E-state index contributed by atoms with van der Waals surface area (Å²) in [6, 6.07) is 6.40. The predicted molar refractivity (Wildman–Crippen MR) is 108 cm³/mol. The molecule has 0 unspecified atom stereocenters.